The van der Waals surface area contributed by atoms with Gasteiger partial charge in [0.25, 0.3) is 0 Å². The largest absolute Gasteiger partial charge is 0.481 e. The van der Waals surface area contributed by atoms with Crippen LogP contribution in [0.3, 0.4) is 0 Å². The molecule has 0 aromatic rings. The number of nitrogens with one attached hydrogen (secondary N) is 1. The fourth-order valence-corrected chi connectivity index (χ4v) is 1.70. The quantitative estimate of drug-likeness (QED) is 0.734. The molecule has 1 aliphatic rings. The standard InChI is InChI=1S/C10H18N2O3/c1-3-12(2)9(15)11-10(5-4-6-10)7-8(13)14/h3-7H2,1-2H3,(H,11,15)(H,13,14). The van der Waals surface area contributed by atoms with Crippen LogP contribution in [0.4, 0.5) is 4.79 Å². The molecule has 0 bridgehead atoms. The van der Waals surface area contributed by atoms with Crippen LogP contribution in [-0.4, -0.2) is 41.1 Å². The van der Waals surface area contributed by atoms with E-state index in [1.54, 1.807) is 11.9 Å². The van der Waals surface area contributed by atoms with Crippen LogP contribution < -0.4 is 5.32 Å². The van der Waals surface area contributed by atoms with E-state index in [1.807, 2.05) is 6.92 Å². The number of hydrogen-bond donors (Lipinski definition) is 2. The summed E-state index contributed by atoms with van der Waals surface area (Å²) in [5.41, 5.74) is -0.494. The lowest BCUT2D eigenvalue weighted by Gasteiger charge is -2.42. The molecule has 2 amide bonds. The van der Waals surface area contributed by atoms with Gasteiger partial charge in [-0.05, 0) is 26.2 Å². The smallest absolute Gasteiger partial charge is 0.317 e. The van der Waals surface area contributed by atoms with Gasteiger partial charge in [-0.2, -0.15) is 0 Å². The second-order valence-corrected chi connectivity index (χ2v) is 4.15. The maximum absolute atomic E-state index is 11.6. The normalized spacial score (nSPS) is 17.7. The van der Waals surface area contributed by atoms with Crippen molar-refractivity contribution in [2.45, 2.75) is 38.1 Å². The summed E-state index contributed by atoms with van der Waals surface area (Å²) >= 11 is 0. The summed E-state index contributed by atoms with van der Waals surface area (Å²) in [6.45, 7) is 2.50. The lowest BCUT2D eigenvalue weighted by molar-refractivity contribution is -0.139. The van der Waals surface area contributed by atoms with Crippen LogP contribution in [0.25, 0.3) is 0 Å². The molecule has 86 valence electrons. The van der Waals surface area contributed by atoms with E-state index in [-0.39, 0.29) is 12.5 Å². The Kier molecular flexibility index (Phi) is 3.55. The fraction of sp³-hybridized carbons (Fsp3) is 0.800. The predicted molar refractivity (Wildman–Crippen MR) is 55.7 cm³/mol. The van der Waals surface area contributed by atoms with Crippen molar-refractivity contribution >= 4 is 12.0 Å². The van der Waals surface area contributed by atoms with Crippen molar-refractivity contribution in [2.24, 2.45) is 0 Å². The Labute approximate surface area is 89.4 Å². The van der Waals surface area contributed by atoms with Crippen molar-refractivity contribution < 1.29 is 14.7 Å². The Hall–Kier alpha value is -1.26. The van der Waals surface area contributed by atoms with Crippen molar-refractivity contribution in [3.8, 4) is 0 Å². The van der Waals surface area contributed by atoms with Gasteiger partial charge in [0.2, 0.25) is 0 Å². The topological polar surface area (TPSA) is 69.6 Å². The number of hydrogen-bond acceptors (Lipinski definition) is 2. The summed E-state index contributed by atoms with van der Waals surface area (Å²) in [6.07, 6.45) is 2.55. The predicted octanol–water partition coefficient (Wildman–Crippen LogP) is 1.05. The molecule has 1 fully saturated rings. The van der Waals surface area contributed by atoms with E-state index >= 15 is 0 Å². The fourth-order valence-electron chi connectivity index (χ4n) is 1.70. The monoisotopic (exact) mass is 214 g/mol. The summed E-state index contributed by atoms with van der Waals surface area (Å²) in [4.78, 5) is 23.8. The van der Waals surface area contributed by atoms with Crippen LogP contribution in [-0.2, 0) is 4.79 Å². The van der Waals surface area contributed by atoms with Crippen molar-refractivity contribution in [3.63, 3.8) is 0 Å². The number of nitrogens with zero attached hydrogens (tertiary/aromatic N) is 1. The first-order chi connectivity index (χ1) is 6.99. The van der Waals surface area contributed by atoms with Crippen molar-refractivity contribution in [2.75, 3.05) is 13.6 Å². The zero-order valence-electron chi connectivity index (χ0n) is 9.25. The van der Waals surface area contributed by atoms with Gasteiger partial charge < -0.3 is 15.3 Å². The third-order valence-electron chi connectivity index (χ3n) is 2.99. The van der Waals surface area contributed by atoms with Crippen molar-refractivity contribution in [1.82, 2.24) is 10.2 Å². The van der Waals surface area contributed by atoms with E-state index in [1.165, 1.54) is 0 Å². The van der Waals surface area contributed by atoms with Gasteiger partial charge in [-0.15, -0.1) is 0 Å². The van der Waals surface area contributed by atoms with Crippen LogP contribution >= 0.6 is 0 Å². The lowest BCUT2D eigenvalue weighted by Crippen LogP contribution is -2.57. The summed E-state index contributed by atoms with van der Waals surface area (Å²) in [5, 5.41) is 11.6. The van der Waals surface area contributed by atoms with E-state index in [2.05, 4.69) is 5.32 Å². The molecule has 1 rings (SSSR count). The van der Waals surface area contributed by atoms with Crippen LogP contribution in [0.2, 0.25) is 0 Å². The Morgan fingerprint density at radius 3 is 2.40 bits per heavy atom. The van der Waals surface area contributed by atoms with Crippen LogP contribution in [0.5, 0.6) is 0 Å². The first-order valence-electron chi connectivity index (χ1n) is 5.24. The lowest BCUT2D eigenvalue weighted by atomic mass is 9.74. The molecule has 0 heterocycles. The third-order valence-corrected chi connectivity index (χ3v) is 2.99. The highest BCUT2D eigenvalue weighted by Crippen LogP contribution is 2.34. The molecule has 1 aliphatic carbocycles. The molecule has 0 radical (unpaired) electrons. The van der Waals surface area contributed by atoms with Gasteiger partial charge in [0, 0.05) is 13.6 Å². The highest BCUT2D eigenvalue weighted by molar-refractivity contribution is 5.77. The van der Waals surface area contributed by atoms with E-state index in [0.29, 0.717) is 6.54 Å². The van der Waals surface area contributed by atoms with Gasteiger partial charge in [0.1, 0.15) is 0 Å². The van der Waals surface area contributed by atoms with Gasteiger partial charge in [-0.1, -0.05) is 0 Å². The number of amides is 2. The Morgan fingerprint density at radius 2 is 2.07 bits per heavy atom. The number of carboxylic acid groups (broad SMARTS) is 1. The molecule has 5 nitrogen and oxygen atoms in total. The summed E-state index contributed by atoms with van der Waals surface area (Å²) < 4.78 is 0. The number of carbonyl (C=O) groups is 2. The summed E-state index contributed by atoms with van der Waals surface area (Å²) in [5.74, 6) is -0.853. The summed E-state index contributed by atoms with van der Waals surface area (Å²) in [6, 6.07) is -0.182. The highest BCUT2D eigenvalue weighted by Gasteiger charge is 2.40. The Bertz CT molecular complexity index is 261. The molecule has 0 aromatic carbocycles. The number of urea groups is 1. The number of carbonyl (C=O) groups excluding carboxylic acids is 1. The molecular weight excluding hydrogens is 196 g/mol. The Balaban J connectivity index is 2.53. The maximum Gasteiger partial charge on any atom is 0.317 e. The van der Waals surface area contributed by atoms with E-state index in [4.69, 9.17) is 5.11 Å². The summed E-state index contributed by atoms with van der Waals surface area (Å²) in [7, 11) is 1.70. The SMILES string of the molecule is CCN(C)C(=O)NC1(CC(=O)O)CCC1. The highest BCUT2D eigenvalue weighted by atomic mass is 16.4. The van der Waals surface area contributed by atoms with Crippen LogP contribution in [0, 0.1) is 0 Å². The average molecular weight is 214 g/mol. The van der Waals surface area contributed by atoms with Gasteiger partial charge in [0.15, 0.2) is 0 Å². The Morgan fingerprint density at radius 1 is 1.47 bits per heavy atom. The molecule has 2 N–H and O–H groups in total. The maximum atomic E-state index is 11.6. The van der Waals surface area contributed by atoms with Crippen LogP contribution in [0.15, 0.2) is 0 Å². The molecule has 0 saturated heterocycles. The first kappa shape index (κ1) is 11.8. The molecule has 0 aromatic heterocycles. The molecule has 0 aliphatic heterocycles. The van der Waals surface area contributed by atoms with E-state index < -0.39 is 11.5 Å². The zero-order valence-corrected chi connectivity index (χ0v) is 9.25. The number of aliphatic carboxylic acids is 1. The molecule has 5 heteroatoms. The van der Waals surface area contributed by atoms with Crippen LogP contribution in [0.1, 0.15) is 32.6 Å². The van der Waals surface area contributed by atoms with Gasteiger partial charge in [0.05, 0.1) is 12.0 Å². The second-order valence-electron chi connectivity index (χ2n) is 4.15. The van der Waals surface area contributed by atoms with E-state index in [9.17, 15) is 9.59 Å². The van der Waals surface area contributed by atoms with Gasteiger partial charge >= 0.3 is 12.0 Å². The molecule has 0 atom stereocenters. The second kappa shape index (κ2) is 4.51. The molecular formula is C10H18N2O3. The third kappa shape index (κ3) is 2.84. The van der Waals surface area contributed by atoms with E-state index in [0.717, 1.165) is 19.3 Å². The van der Waals surface area contributed by atoms with Gasteiger partial charge in [-0.25, -0.2) is 4.79 Å². The van der Waals surface area contributed by atoms with Gasteiger partial charge in [-0.3, -0.25) is 4.79 Å². The average Bonchev–Trinajstić information content (AvgIpc) is 2.12. The minimum absolute atomic E-state index is 0.0241. The number of carboxylic acids is 1. The molecule has 1 saturated carbocycles. The molecule has 0 unspecified atom stereocenters. The van der Waals surface area contributed by atoms with Crippen molar-refractivity contribution in [3.05, 3.63) is 0 Å². The molecule has 0 spiro atoms. The minimum Gasteiger partial charge on any atom is -0.481 e. The number of rotatable bonds is 4. The van der Waals surface area contributed by atoms with Crippen molar-refractivity contribution in [1.29, 1.82) is 0 Å². The zero-order chi connectivity index (χ0) is 11.5. The minimum atomic E-state index is -0.853. The molecule has 15 heavy (non-hydrogen) atoms. The first-order valence-corrected chi connectivity index (χ1v) is 5.24.